The second-order valence-corrected chi connectivity index (χ2v) is 9.45. The summed E-state index contributed by atoms with van der Waals surface area (Å²) in [6, 6.07) is 14.1. The van der Waals surface area contributed by atoms with Crippen molar-refractivity contribution in [1.82, 2.24) is 15.1 Å². The molecule has 0 bridgehead atoms. The van der Waals surface area contributed by atoms with Crippen LogP contribution in [-0.4, -0.2) is 72.9 Å². The lowest BCUT2D eigenvalue weighted by molar-refractivity contribution is -0.118. The van der Waals surface area contributed by atoms with Gasteiger partial charge in [-0.05, 0) is 55.3 Å². The van der Waals surface area contributed by atoms with Gasteiger partial charge < -0.3 is 15.5 Å². The molecule has 1 saturated heterocycles. The van der Waals surface area contributed by atoms with Gasteiger partial charge in [0.1, 0.15) is 6.04 Å². The maximum Gasteiger partial charge on any atom is 0.253 e. The van der Waals surface area contributed by atoms with E-state index in [-0.39, 0.29) is 11.8 Å². The number of nitrogens with one attached hydrogen (secondary N) is 2. The molecule has 6 nitrogen and oxygen atoms in total. The van der Waals surface area contributed by atoms with Crippen LogP contribution in [0.4, 0.5) is 5.69 Å². The largest absolute Gasteiger partial charge is 0.340 e. The third-order valence-electron chi connectivity index (χ3n) is 5.55. The minimum atomic E-state index is -0.646. The third-order valence-corrected chi connectivity index (χ3v) is 6.52. The summed E-state index contributed by atoms with van der Waals surface area (Å²) in [5.41, 5.74) is 2.26. The molecule has 2 N–H and O–H groups in total. The number of anilines is 1. The Kier molecular flexibility index (Phi) is 9.41. The molecule has 0 saturated carbocycles. The van der Waals surface area contributed by atoms with Gasteiger partial charge in [-0.15, -0.1) is 0 Å². The number of thioether (sulfide) groups is 1. The van der Waals surface area contributed by atoms with Gasteiger partial charge in [0.2, 0.25) is 5.91 Å². The lowest BCUT2D eigenvalue weighted by Crippen LogP contribution is -2.44. The van der Waals surface area contributed by atoms with E-state index in [9.17, 15) is 9.59 Å². The highest BCUT2D eigenvalue weighted by molar-refractivity contribution is 7.98. The predicted molar refractivity (Wildman–Crippen MR) is 134 cm³/mol. The van der Waals surface area contributed by atoms with Crippen molar-refractivity contribution >= 4 is 40.9 Å². The summed E-state index contributed by atoms with van der Waals surface area (Å²) in [5, 5.41) is 6.20. The van der Waals surface area contributed by atoms with Crippen LogP contribution >= 0.6 is 23.4 Å². The van der Waals surface area contributed by atoms with E-state index in [1.165, 1.54) is 0 Å². The smallest absolute Gasteiger partial charge is 0.253 e. The number of nitrogens with zero attached hydrogens (tertiary/aromatic N) is 2. The van der Waals surface area contributed by atoms with Crippen molar-refractivity contribution in [2.75, 3.05) is 50.6 Å². The fourth-order valence-electron chi connectivity index (χ4n) is 3.63. The third kappa shape index (κ3) is 7.24. The van der Waals surface area contributed by atoms with E-state index in [4.69, 9.17) is 11.6 Å². The Morgan fingerprint density at radius 2 is 1.84 bits per heavy atom. The topological polar surface area (TPSA) is 64.7 Å². The number of likely N-dealkylation sites (N-methyl/N-ethyl adjacent to an activating group) is 1. The summed E-state index contributed by atoms with van der Waals surface area (Å²) in [6.45, 7) is 5.07. The van der Waals surface area contributed by atoms with Crippen LogP contribution in [-0.2, 0) is 11.3 Å². The predicted octanol–water partition coefficient (Wildman–Crippen LogP) is 3.58. The van der Waals surface area contributed by atoms with Crippen LogP contribution in [0.3, 0.4) is 0 Å². The second-order valence-electron chi connectivity index (χ2n) is 8.06. The molecule has 1 aliphatic heterocycles. The van der Waals surface area contributed by atoms with Crippen LogP contribution < -0.4 is 10.6 Å². The fourth-order valence-corrected chi connectivity index (χ4v) is 4.32. The average molecular weight is 475 g/mol. The van der Waals surface area contributed by atoms with Gasteiger partial charge in [-0.2, -0.15) is 11.8 Å². The molecule has 3 rings (SSSR count). The van der Waals surface area contributed by atoms with Crippen molar-refractivity contribution in [3.05, 3.63) is 64.7 Å². The highest BCUT2D eigenvalue weighted by Gasteiger charge is 2.22. The highest BCUT2D eigenvalue weighted by Crippen LogP contribution is 2.17. The van der Waals surface area contributed by atoms with Gasteiger partial charge in [0.15, 0.2) is 0 Å². The Hall–Kier alpha value is -2.06. The summed E-state index contributed by atoms with van der Waals surface area (Å²) >= 11 is 7.78. The molecular formula is C24H31ClN4O2S. The number of halogens is 1. The van der Waals surface area contributed by atoms with Crippen LogP contribution in [0.25, 0.3) is 0 Å². The van der Waals surface area contributed by atoms with Crippen LogP contribution in [0, 0.1) is 0 Å². The molecule has 2 amide bonds. The molecule has 1 heterocycles. The number of benzene rings is 2. The van der Waals surface area contributed by atoms with Gasteiger partial charge in [0, 0.05) is 38.4 Å². The van der Waals surface area contributed by atoms with Crippen LogP contribution in [0.2, 0.25) is 5.02 Å². The first-order valence-corrected chi connectivity index (χ1v) is 12.6. The zero-order chi connectivity index (χ0) is 22.9. The number of amides is 2. The molecule has 0 aromatic heterocycles. The standard InChI is InChI=1S/C24H31ClN4O2S/c1-28-11-13-29(14-12-28)17-18-6-5-7-19(16-18)26-24(31)22(10-15-32-2)27-23(30)20-8-3-4-9-21(20)25/h3-9,16,22H,10-15,17H2,1-2H3,(H,26,31)(H,27,30). The maximum atomic E-state index is 13.0. The van der Waals surface area contributed by atoms with Crippen LogP contribution in [0.15, 0.2) is 48.5 Å². The fraction of sp³-hybridized carbons (Fsp3) is 0.417. The molecule has 2 aromatic rings. The zero-order valence-electron chi connectivity index (χ0n) is 18.6. The van der Waals surface area contributed by atoms with E-state index in [0.29, 0.717) is 17.0 Å². The van der Waals surface area contributed by atoms with Crippen molar-refractivity contribution in [3.8, 4) is 0 Å². The van der Waals surface area contributed by atoms with Crippen LogP contribution in [0.5, 0.6) is 0 Å². The van der Waals surface area contributed by atoms with E-state index in [1.807, 2.05) is 24.5 Å². The molecule has 1 fully saturated rings. The zero-order valence-corrected chi connectivity index (χ0v) is 20.2. The first-order chi connectivity index (χ1) is 15.5. The Bertz CT molecular complexity index is 918. The van der Waals surface area contributed by atoms with Gasteiger partial charge in [0.05, 0.1) is 10.6 Å². The summed E-state index contributed by atoms with van der Waals surface area (Å²) < 4.78 is 0. The number of piperazine rings is 1. The van der Waals surface area contributed by atoms with E-state index < -0.39 is 6.04 Å². The second kappa shape index (κ2) is 12.3. The molecule has 8 heteroatoms. The minimum Gasteiger partial charge on any atom is -0.340 e. The van der Waals surface area contributed by atoms with Crippen LogP contribution in [0.1, 0.15) is 22.3 Å². The Balaban J connectivity index is 1.64. The first-order valence-electron chi connectivity index (χ1n) is 10.8. The van der Waals surface area contributed by atoms with E-state index in [0.717, 1.165) is 49.7 Å². The summed E-state index contributed by atoms with van der Waals surface area (Å²) in [4.78, 5) is 30.5. The van der Waals surface area contributed by atoms with Gasteiger partial charge >= 0.3 is 0 Å². The molecule has 32 heavy (non-hydrogen) atoms. The summed E-state index contributed by atoms with van der Waals surface area (Å²) in [6.07, 6.45) is 2.51. The quantitative estimate of drug-likeness (QED) is 0.581. The van der Waals surface area contributed by atoms with Crippen molar-refractivity contribution < 1.29 is 9.59 Å². The first kappa shape index (κ1) is 24.6. The molecule has 2 aromatic carbocycles. The molecule has 0 aliphatic carbocycles. The SMILES string of the molecule is CSCCC(NC(=O)c1ccccc1Cl)C(=O)Nc1cccc(CN2CCN(C)CC2)c1. The Labute approximate surface area is 199 Å². The van der Waals surface area contributed by atoms with Crippen molar-refractivity contribution in [3.63, 3.8) is 0 Å². The molecule has 1 unspecified atom stereocenters. The number of hydrogen-bond donors (Lipinski definition) is 2. The molecule has 0 radical (unpaired) electrons. The average Bonchev–Trinajstić information content (AvgIpc) is 2.78. The number of rotatable bonds is 9. The highest BCUT2D eigenvalue weighted by atomic mass is 35.5. The Morgan fingerprint density at radius 3 is 2.56 bits per heavy atom. The Morgan fingerprint density at radius 1 is 1.09 bits per heavy atom. The molecular weight excluding hydrogens is 444 g/mol. The van der Waals surface area contributed by atoms with Gasteiger partial charge in [0.25, 0.3) is 5.91 Å². The lowest BCUT2D eigenvalue weighted by Gasteiger charge is -2.32. The van der Waals surface area contributed by atoms with E-state index in [1.54, 1.807) is 36.0 Å². The molecule has 1 atom stereocenters. The molecule has 1 aliphatic rings. The lowest BCUT2D eigenvalue weighted by atomic mass is 10.1. The van der Waals surface area contributed by atoms with Gasteiger partial charge in [-0.1, -0.05) is 35.9 Å². The number of hydrogen-bond acceptors (Lipinski definition) is 5. The summed E-state index contributed by atoms with van der Waals surface area (Å²) in [5.74, 6) is 0.182. The number of carbonyl (C=O) groups excluding carboxylic acids is 2. The van der Waals surface area contributed by atoms with E-state index >= 15 is 0 Å². The molecule has 172 valence electrons. The number of carbonyl (C=O) groups is 2. The summed E-state index contributed by atoms with van der Waals surface area (Å²) in [7, 11) is 2.14. The van der Waals surface area contributed by atoms with Crippen molar-refractivity contribution in [2.24, 2.45) is 0 Å². The monoisotopic (exact) mass is 474 g/mol. The van der Waals surface area contributed by atoms with Crippen molar-refractivity contribution in [2.45, 2.75) is 19.0 Å². The molecule has 0 spiro atoms. The van der Waals surface area contributed by atoms with E-state index in [2.05, 4.69) is 33.5 Å². The maximum absolute atomic E-state index is 13.0. The van der Waals surface area contributed by atoms with Crippen molar-refractivity contribution in [1.29, 1.82) is 0 Å². The normalized spacial score (nSPS) is 15.8. The van der Waals surface area contributed by atoms with Gasteiger partial charge in [-0.3, -0.25) is 14.5 Å². The minimum absolute atomic E-state index is 0.226. The van der Waals surface area contributed by atoms with Gasteiger partial charge in [-0.25, -0.2) is 0 Å².